The van der Waals surface area contributed by atoms with E-state index in [0.717, 1.165) is 31.7 Å². The van der Waals surface area contributed by atoms with Gasteiger partial charge in [0.15, 0.2) is 5.82 Å². The molecule has 3 rings (SSSR count). The summed E-state index contributed by atoms with van der Waals surface area (Å²) < 4.78 is 29.5. The molecule has 2 nitrogen and oxygen atoms in total. The number of nitrogens with zero attached hydrogens (tertiary/aromatic N) is 2. The maximum absolute atomic E-state index is 13.9. The first-order chi connectivity index (χ1) is 10.2. The van der Waals surface area contributed by atoms with Crippen LogP contribution in [0.5, 0.6) is 0 Å². The van der Waals surface area contributed by atoms with Crippen molar-refractivity contribution in [2.24, 2.45) is 0 Å². The minimum Gasteiger partial charge on any atom is -0.324 e. The number of aromatic nitrogens is 2. The molecule has 0 unspecified atom stereocenters. The number of halogens is 3. The summed E-state index contributed by atoms with van der Waals surface area (Å²) in [4.78, 5) is 4.29. The van der Waals surface area contributed by atoms with Gasteiger partial charge in [-0.15, -0.1) is 11.6 Å². The number of hydrogen-bond acceptors (Lipinski definition) is 1. The molecule has 1 heterocycles. The number of imidazole rings is 1. The van der Waals surface area contributed by atoms with Crippen molar-refractivity contribution in [2.75, 3.05) is 0 Å². The van der Waals surface area contributed by atoms with E-state index in [1.54, 1.807) is 0 Å². The zero-order valence-corrected chi connectivity index (χ0v) is 12.7. The fraction of sp³-hybridized carbons (Fsp3) is 0.562. The second-order valence-corrected chi connectivity index (χ2v) is 6.05. The smallest absolute Gasteiger partial charge is 0.153 e. The molecule has 0 aliphatic heterocycles. The molecule has 0 N–H and O–H groups in total. The molecule has 1 aliphatic carbocycles. The summed E-state index contributed by atoms with van der Waals surface area (Å²) in [6, 6.07) is 2.50. The largest absolute Gasteiger partial charge is 0.324 e. The van der Waals surface area contributed by atoms with E-state index in [9.17, 15) is 8.78 Å². The minimum atomic E-state index is -0.610. The average Bonchev–Trinajstić information content (AvgIpc) is 2.77. The van der Waals surface area contributed by atoms with Crippen LogP contribution >= 0.6 is 11.6 Å². The van der Waals surface area contributed by atoms with Crippen molar-refractivity contribution in [1.29, 1.82) is 0 Å². The van der Waals surface area contributed by atoms with Crippen LogP contribution in [0.4, 0.5) is 8.78 Å². The molecule has 0 atom stereocenters. The maximum atomic E-state index is 13.9. The van der Waals surface area contributed by atoms with E-state index in [1.165, 1.54) is 25.3 Å². The monoisotopic (exact) mass is 312 g/mol. The predicted molar refractivity (Wildman–Crippen MR) is 80.6 cm³/mol. The second kappa shape index (κ2) is 6.30. The Labute approximate surface area is 128 Å². The van der Waals surface area contributed by atoms with Gasteiger partial charge in [-0.25, -0.2) is 13.8 Å². The fourth-order valence-corrected chi connectivity index (χ4v) is 3.55. The summed E-state index contributed by atoms with van der Waals surface area (Å²) in [6.07, 6.45) is 8.06. The lowest BCUT2D eigenvalue weighted by atomic mass is 9.96. The van der Waals surface area contributed by atoms with Gasteiger partial charge in [0.2, 0.25) is 0 Å². The van der Waals surface area contributed by atoms with Crippen molar-refractivity contribution < 1.29 is 8.78 Å². The first-order valence-electron chi connectivity index (χ1n) is 7.62. The van der Waals surface area contributed by atoms with Gasteiger partial charge in [-0.3, -0.25) is 0 Å². The van der Waals surface area contributed by atoms with E-state index in [-0.39, 0.29) is 17.4 Å². The molecule has 0 spiro atoms. The van der Waals surface area contributed by atoms with Crippen LogP contribution in [0.3, 0.4) is 0 Å². The van der Waals surface area contributed by atoms with E-state index in [2.05, 4.69) is 4.98 Å². The molecule has 1 aliphatic rings. The van der Waals surface area contributed by atoms with Gasteiger partial charge >= 0.3 is 0 Å². The molecule has 2 aromatic rings. The molecule has 0 amide bonds. The molecule has 1 aromatic carbocycles. The van der Waals surface area contributed by atoms with Gasteiger partial charge in [-0.1, -0.05) is 32.1 Å². The highest BCUT2D eigenvalue weighted by Gasteiger charge is 2.21. The van der Waals surface area contributed by atoms with Gasteiger partial charge in [0.05, 0.1) is 11.4 Å². The van der Waals surface area contributed by atoms with Crippen LogP contribution in [0.25, 0.3) is 11.0 Å². The van der Waals surface area contributed by atoms with E-state index in [4.69, 9.17) is 11.6 Å². The van der Waals surface area contributed by atoms with Gasteiger partial charge in [-0.05, 0) is 18.9 Å². The van der Waals surface area contributed by atoms with E-state index < -0.39 is 11.6 Å². The highest BCUT2D eigenvalue weighted by Crippen LogP contribution is 2.32. The van der Waals surface area contributed by atoms with Gasteiger partial charge < -0.3 is 4.57 Å². The van der Waals surface area contributed by atoms with Gasteiger partial charge in [0.25, 0.3) is 0 Å². The van der Waals surface area contributed by atoms with Gasteiger partial charge in [-0.2, -0.15) is 0 Å². The molecule has 21 heavy (non-hydrogen) atoms. The lowest BCUT2D eigenvalue weighted by molar-refractivity contribution is 0.373. The Balaban J connectivity index is 2.10. The van der Waals surface area contributed by atoms with E-state index >= 15 is 0 Å². The van der Waals surface area contributed by atoms with Gasteiger partial charge in [0.1, 0.15) is 17.2 Å². The Morgan fingerprint density at radius 2 is 1.76 bits per heavy atom. The summed E-state index contributed by atoms with van der Waals surface area (Å²) in [5.41, 5.74) is 0.767. The van der Waals surface area contributed by atoms with Crippen molar-refractivity contribution in [3.05, 3.63) is 29.6 Å². The van der Waals surface area contributed by atoms with Crippen LogP contribution < -0.4 is 0 Å². The standard InChI is InChI=1S/C16H19ClF2N2/c17-10-15-20-16-13(19)8-11(18)9-14(16)21(15)12-6-4-2-1-3-5-7-12/h8-9,12H,1-7,10H2. The Morgan fingerprint density at radius 3 is 2.43 bits per heavy atom. The van der Waals surface area contributed by atoms with Gasteiger partial charge in [0, 0.05) is 12.1 Å². The van der Waals surface area contributed by atoms with Crippen molar-refractivity contribution in [1.82, 2.24) is 9.55 Å². The van der Waals surface area contributed by atoms with Crippen LogP contribution in [-0.4, -0.2) is 9.55 Å². The number of benzene rings is 1. The lowest BCUT2D eigenvalue weighted by Crippen LogP contribution is -2.13. The van der Waals surface area contributed by atoms with Crippen LogP contribution in [0.2, 0.25) is 0 Å². The average molecular weight is 313 g/mol. The predicted octanol–water partition coefficient (Wildman–Crippen LogP) is 5.34. The summed E-state index contributed by atoms with van der Waals surface area (Å²) in [7, 11) is 0. The maximum Gasteiger partial charge on any atom is 0.153 e. The van der Waals surface area contributed by atoms with Crippen LogP contribution in [0.1, 0.15) is 56.8 Å². The number of hydrogen-bond donors (Lipinski definition) is 0. The molecule has 0 bridgehead atoms. The van der Waals surface area contributed by atoms with Crippen LogP contribution in [-0.2, 0) is 5.88 Å². The Kier molecular flexibility index (Phi) is 4.43. The molecular formula is C16H19ClF2N2. The molecule has 0 saturated heterocycles. The molecule has 0 radical (unpaired) electrons. The molecule has 1 saturated carbocycles. The quantitative estimate of drug-likeness (QED) is 0.684. The highest BCUT2D eigenvalue weighted by molar-refractivity contribution is 6.16. The summed E-state index contributed by atoms with van der Waals surface area (Å²) in [6.45, 7) is 0. The third-order valence-corrected chi connectivity index (χ3v) is 4.58. The van der Waals surface area contributed by atoms with Crippen molar-refractivity contribution >= 4 is 22.6 Å². The zero-order valence-electron chi connectivity index (χ0n) is 11.9. The first kappa shape index (κ1) is 14.8. The Morgan fingerprint density at radius 1 is 1.10 bits per heavy atom. The second-order valence-electron chi connectivity index (χ2n) is 5.79. The first-order valence-corrected chi connectivity index (χ1v) is 8.16. The van der Waals surface area contributed by atoms with Crippen LogP contribution in [0.15, 0.2) is 12.1 Å². The number of alkyl halides is 1. The van der Waals surface area contributed by atoms with Crippen molar-refractivity contribution in [2.45, 2.75) is 56.9 Å². The molecular weight excluding hydrogens is 294 g/mol. The lowest BCUT2D eigenvalue weighted by Gasteiger charge is -2.23. The SMILES string of the molecule is Fc1cc(F)c2nc(CCl)n(C3CCCCCCC3)c2c1. The summed E-state index contributed by atoms with van der Waals surface area (Å²) >= 11 is 5.99. The number of rotatable bonds is 2. The Hall–Kier alpha value is -1.16. The topological polar surface area (TPSA) is 17.8 Å². The molecule has 114 valence electrons. The van der Waals surface area contributed by atoms with E-state index in [0.29, 0.717) is 11.3 Å². The highest BCUT2D eigenvalue weighted by atomic mass is 35.5. The summed E-state index contributed by atoms with van der Waals surface area (Å²) in [5.74, 6) is -0.317. The minimum absolute atomic E-state index is 0.215. The zero-order chi connectivity index (χ0) is 14.8. The van der Waals surface area contributed by atoms with E-state index in [1.807, 2.05) is 4.57 Å². The molecule has 1 fully saturated rings. The number of fused-ring (bicyclic) bond motifs is 1. The third kappa shape index (κ3) is 2.91. The third-order valence-electron chi connectivity index (χ3n) is 4.35. The fourth-order valence-electron chi connectivity index (χ4n) is 3.36. The van der Waals surface area contributed by atoms with Crippen LogP contribution in [0, 0.1) is 11.6 Å². The molecule has 5 heteroatoms. The van der Waals surface area contributed by atoms with Crippen molar-refractivity contribution in [3.8, 4) is 0 Å². The Bertz CT molecular complexity index is 631. The van der Waals surface area contributed by atoms with Crippen molar-refractivity contribution in [3.63, 3.8) is 0 Å². The molecule has 1 aromatic heterocycles. The normalized spacial score (nSPS) is 17.9. The summed E-state index contributed by atoms with van der Waals surface area (Å²) in [5, 5.41) is 0.